The number of benzene rings is 1. The van der Waals surface area contributed by atoms with Gasteiger partial charge in [-0.3, -0.25) is 11.3 Å². The molecule has 21 heavy (non-hydrogen) atoms. The Morgan fingerprint density at radius 2 is 1.86 bits per heavy atom. The topological polar surface area (TPSA) is 56.5 Å². The van der Waals surface area contributed by atoms with Crippen LogP contribution in [0.5, 0.6) is 11.5 Å². The fraction of sp³-hybridized carbons (Fsp3) is 0.625. The summed E-state index contributed by atoms with van der Waals surface area (Å²) >= 11 is 3.54. The maximum Gasteiger partial charge on any atom is 0.141 e. The smallest absolute Gasteiger partial charge is 0.141 e. The molecule has 1 aromatic rings. The summed E-state index contributed by atoms with van der Waals surface area (Å²) in [7, 11) is 3.29. The molecule has 0 aromatic heterocycles. The summed E-state index contributed by atoms with van der Waals surface area (Å²) in [4.78, 5) is 0. The molecule has 0 aliphatic heterocycles. The normalized spacial score (nSPS) is 14.7. The molecule has 0 saturated heterocycles. The van der Waals surface area contributed by atoms with E-state index in [9.17, 15) is 0 Å². The molecule has 2 unspecified atom stereocenters. The van der Waals surface area contributed by atoms with E-state index in [4.69, 9.17) is 15.3 Å². The minimum absolute atomic E-state index is 0.0244. The summed E-state index contributed by atoms with van der Waals surface area (Å²) in [6.07, 6.45) is 0.926. The third kappa shape index (κ3) is 4.34. The fourth-order valence-corrected chi connectivity index (χ4v) is 2.87. The van der Waals surface area contributed by atoms with Gasteiger partial charge in [-0.2, -0.15) is 0 Å². The highest BCUT2D eigenvalue weighted by atomic mass is 79.9. The van der Waals surface area contributed by atoms with Crippen LogP contribution in [0.4, 0.5) is 0 Å². The zero-order valence-electron chi connectivity index (χ0n) is 13.8. The average Bonchev–Trinajstić information content (AvgIpc) is 2.43. The van der Waals surface area contributed by atoms with E-state index in [1.807, 2.05) is 12.1 Å². The SMILES string of the molecule is COc1ccc(C(CC(C)C(C)(C)C)NN)c(OC)c1Br. The highest BCUT2D eigenvalue weighted by molar-refractivity contribution is 9.10. The van der Waals surface area contributed by atoms with E-state index < -0.39 is 0 Å². The molecule has 0 bridgehead atoms. The monoisotopic (exact) mass is 358 g/mol. The number of ether oxygens (including phenoxy) is 2. The number of rotatable bonds is 6. The van der Waals surface area contributed by atoms with E-state index in [1.54, 1.807) is 14.2 Å². The molecule has 0 radical (unpaired) electrons. The van der Waals surface area contributed by atoms with Gasteiger partial charge in [-0.1, -0.05) is 27.7 Å². The van der Waals surface area contributed by atoms with Gasteiger partial charge in [-0.05, 0) is 45.8 Å². The van der Waals surface area contributed by atoms with Gasteiger partial charge in [0, 0.05) is 11.6 Å². The zero-order valence-corrected chi connectivity index (χ0v) is 15.4. The lowest BCUT2D eigenvalue weighted by Gasteiger charge is -2.31. The molecule has 4 nitrogen and oxygen atoms in total. The standard InChI is InChI=1S/C16H27BrN2O2/c1-10(16(2,3)4)9-12(19-18)11-7-8-13(20-5)14(17)15(11)21-6/h7-8,10,12,19H,9,18H2,1-6H3. The van der Waals surface area contributed by atoms with Crippen LogP contribution in [0.3, 0.4) is 0 Å². The molecule has 1 aromatic carbocycles. The summed E-state index contributed by atoms with van der Waals surface area (Å²) in [5.74, 6) is 7.80. The predicted molar refractivity (Wildman–Crippen MR) is 90.5 cm³/mol. The van der Waals surface area contributed by atoms with Crippen molar-refractivity contribution in [1.29, 1.82) is 0 Å². The number of nitrogens with two attached hydrogens (primary N) is 1. The van der Waals surface area contributed by atoms with Gasteiger partial charge < -0.3 is 9.47 Å². The second-order valence-corrected chi connectivity index (χ2v) is 7.22. The van der Waals surface area contributed by atoms with Crippen molar-refractivity contribution in [2.24, 2.45) is 17.2 Å². The highest BCUT2D eigenvalue weighted by Gasteiger charge is 2.26. The fourth-order valence-electron chi connectivity index (χ4n) is 2.18. The molecule has 0 heterocycles. The molecule has 3 N–H and O–H groups in total. The summed E-state index contributed by atoms with van der Waals surface area (Å²) in [6, 6.07) is 3.95. The van der Waals surface area contributed by atoms with Gasteiger partial charge in [-0.15, -0.1) is 0 Å². The number of hydrazine groups is 1. The number of methoxy groups -OCH3 is 2. The largest absolute Gasteiger partial charge is 0.495 e. The highest BCUT2D eigenvalue weighted by Crippen LogP contribution is 2.42. The molecule has 5 heteroatoms. The van der Waals surface area contributed by atoms with E-state index in [0.29, 0.717) is 5.92 Å². The summed E-state index contributed by atoms with van der Waals surface area (Å²) in [5, 5.41) is 0. The Morgan fingerprint density at radius 1 is 1.24 bits per heavy atom. The van der Waals surface area contributed by atoms with Gasteiger partial charge in [-0.25, -0.2) is 0 Å². The first-order valence-corrected chi connectivity index (χ1v) is 7.92. The van der Waals surface area contributed by atoms with Crippen LogP contribution in [0.1, 0.15) is 45.7 Å². The van der Waals surface area contributed by atoms with Crippen molar-refractivity contribution in [3.05, 3.63) is 22.2 Å². The van der Waals surface area contributed by atoms with Crippen LogP contribution in [0.2, 0.25) is 0 Å². The first kappa shape index (κ1) is 18.3. The molecule has 0 amide bonds. The van der Waals surface area contributed by atoms with E-state index in [-0.39, 0.29) is 11.5 Å². The summed E-state index contributed by atoms with van der Waals surface area (Å²) in [5.41, 5.74) is 4.18. The van der Waals surface area contributed by atoms with E-state index in [0.717, 1.165) is 28.0 Å². The molecule has 120 valence electrons. The van der Waals surface area contributed by atoms with Crippen LogP contribution in [0.15, 0.2) is 16.6 Å². The van der Waals surface area contributed by atoms with Crippen LogP contribution in [-0.2, 0) is 0 Å². The number of hydrogen-bond acceptors (Lipinski definition) is 4. The van der Waals surface area contributed by atoms with Crippen LogP contribution in [-0.4, -0.2) is 14.2 Å². The second-order valence-electron chi connectivity index (χ2n) is 6.43. The van der Waals surface area contributed by atoms with Crippen molar-refractivity contribution in [1.82, 2.24) is 5.43 Å². The minimum atomic E-state index is 0.0244. The third-order valence-corrected chi connectivity index (χ3v) is 4.91. The first-order valence-electron chi connectivity index (χ1n) is 7.12. The van der Waals surface area contributed by atoms with Crippen molar-refractivity contribution in [3.8, 4) is 11.5 Å². The second kappa shape index (κ2) is 7.47. The summed E-state index contributed by atoms with van der Waals surface area (Å²) < 4.78 is 11.7. The number of hydrogen-bond donors (Lipinski definition) is 2. The molecule has 0 fully saturated rings. The Kier molecular flexibility index (Phi) is 6.50. The van der Waals surface area contributed by atoms with E-state index >= 15 is 0 Å². The third-order valence-electron chi connectivity index (χ3n) is 4.16. The Morgan fingerprint density at radius 3 is 2.29 bits per heavy atom. The Bertz CT molecular complexity index is 472. The minimum Gasteiger partial charge on any atom is -0.495 e. The van der Waals surface area contributed by atoms with Crippen molar-refractivity contribution in [2.45, 2.75) is 40.2 Å². The Balaban J connectivity index is 3.14. The lowest BCUT2D eigenvalue weighted by atomic mass is 9.77. The van der Waals surface area contributed by atoms with Crippen LogP contribution >= 0.6 is 15.9 Å². The average molecular weight is 359 g/mol. The molecular formula is C16H27BrN2O2. The van der Waals surface area contributed by atoms with Gasteiger partial charge in [0.15, 0.2) is 0 Å². The zero-order chi connectivity index (χ0) is 16.2. The number of nitrogens with one attached hydrogen (secondary N) is 1. The van der Waals surface area contributed by atoms with Crippen molar-refractivity contribution in [2.75, 3.05) is 14.2 Å². The summed E-state index contributed by atoms with van der Waals surface area (Å²) in [6.45, 7) is 8.97. The van der Waals surface area contributed by atoms with Gasteiger partial charge in [0.1, 0.15) is 16.0 Å². The van der Waals surface area contributed by atoms with Gasteiger partial charge >= 0.3 is 0 Å². The van der Waals surface area contributed by atoms with Crippen molar-refractivity contribution < 1.29 is 9.47 Å². The van der Waals surface area contributed by atoms with Crippen LogP contribution in [0, 0.1) is 11.3 Å². The van der Waals surface area contributed by atoms with Crippen LogP contribution < -0.4 is 20.7 Å². The van der Waals surface area contributed by atoms with E-state index in [2.05, 4.69) is 49.1 Å². The predicted octanol–water partition coefficient (Wildman–Crippen LogP) is 4.04. The van der Waals surface area contributed by atoms with Crippen molar-refractivity contribution >= 4 is 15.9 Å². The maximum atomic E-state index is 5.79. The van der Waals surface area contributed by atoms with Crippen LogP contribution in [0.25, 0.3) is 0 Å². The maximum absolute atomic E-state index is 5.79. The van der Waals surface area contributed by atoms with Gasteiger partial charge in [0.2, 0.25) is 0 Å². The molecule has 0 aliphatic rings. The first-order chi connectivity index (χ1) is 9.76. The molecular weight excluding hydrogens is 332 g/mol. The Hall–Kier alpha value is -0.780. The molecule has 0 aliphatic carbocycles. The lowest BCUT2D eigenvalue weighted by molar-refractivity contribution is 0.222. The Labute approximate surface area is 136 Å². The van der Waals surface area contributed by atoms with Gasteiger partial charge in [0.25, 0.3) is 0 Å². The quantitative estimate of drug-likeness (QED) is 0.595. The molecule has 0 saturated carbocycles. The molecule has 2 atom stereocenters. The van der Waals surface area contributed by atoms with Gasteiger partial charge in [0.05, 0.1) is 14.2 Å². The molecule has 1 rings (SSSR count). The van der Waals surface area contributed by atoms with Crippen molar-refractivity contribution in [3.63, 3.8) is 0 Å². The van der Waals surface area contributed by atoms with E-state index in [1.165, 1.54) is 0 Å². The lowest BCUT2D eigenvalue weighted by Crippen LogP contribution is -2.32. The molecule has 0 spiro atoms. The number of halogens is 1.